The van der Waals surface area contributed by atoms with Crippen LogP contribution in [0.5, 0.6) is 0 Å². The molecule has 4 heterocycles. The highest BCUT2D eigenvalue weighted by molar-refractivity contribution is 6.34. The predicted octanol–water partition coefficient (Wildman–Crippen LogP) is 2.80. The molecule has 0 amide bonds. The van der Waals surface area contributed by atoms with E-state index in [9.17, 15) is 0 Å². The summed E-state index contributed by atoms with van der Waals surface area (Å²) >= 11 is 6.08. The standard InChI is InChI=1S/C14H15ClN4O/c15-13-11-3-4-16-7-12(11)14(19-18-13)17-8-5-9-1-2-10(6-8)20-9/h3-4,7-10H,1-2,5-6H2,(H,17,19)/t8?,9-,10+. The number of anilines is 1. The van der Waals surface area contributed by atoms with Gasteiger partial charge in [0, 0.05) is 29.2 Å². The smallest absolute Gasteiger partial charge is 0.159 e. The molecule has 0 aliphatic carbocycles. The quantitative estimate of drug-likeness (QED) is 0.921. The first-order valence-electron chi connectivity index (χ1n) is 6.97. The van der Waals surface area contributed by atoms with Gasteiger partial charge in [-0.1, -0.05) is 11.6 Å². The van der Waals surface area contributed by atoms with Gasteiger partial charge in [0.05, 0.1) is 12.2 Å². The average Bonchev–Trinajstić information content (AvgIpc) is 2.81. The van der Waals surface area contributed by atoms with Crippen LogP contribution >= 0.6 is 11.6 Å². The molecule has 2 fully saturated rings. The molecule has 2 aromatic rings. The SMILES string of the molecule is Clc1nnc(NC2C[C@H]3CC[C@@H](C2)O3)c2cnccc12. The van der Waals surface area contributed by atoms with E-state index >= 15 is 0 Å². The molecule has 6 heteroatoms. The summed E-state index contributed by atoms with van der Waals surface area (Å²) in [4.78, 5) is 4.16. The van der Waals surface area contributed by atoms with Gasteiger partial charge < -0.3 is 10.1 Å². The zero-order chi connectivity index (χ0) is 13.5. The molecule has 3 atom stereocenters. The maximum Gasteiger partial charge on any atom is 0.159 e. The van der Waals surface area contributed by atoms with Gasteiger partial charge >= 0.3 is 0 Å². The van der Waals surface area contributed by atoms with Crippen LogP contribution in [0.15, 0.2) is 18.5 Å². The minimum atomic E-state index is 0.389. The van der Waals surface area contributed by atoms with E-state index in [0.29, 0.717) is 23.4 Å². The molecular formula is C14H15ClN4O. The van der Waals surface area contributed by atoms with E-state index in [1.165, 1.54) is 12.8 Å². The molecule has 2 saturated heterocycles. The number of rotatable bonds is 2. The molecule has 0 saturated carbocycles. The molecule has 2 bridgehead atoms. The Morgan fingerprint density at radius 3 is 2.75 bits per heavy atom. The Balaban J connectivity index is 1.64. The molecule has 1 N–H and O–H groups in total. The molecule has 1 unspecified atom stereocenters. The van der Waals surface area contributed by atoms with E-state index in [2.05, 4.69) is 20.5 Å². The number of hydrogen-bond donors (Lipinski definition) is 1. The third kappa shape index (κ3) is 2.11. The highest BCUT2D eigenvalue weighted by Gasteiger charge is 2.35. The van der Waals surface area contributed by atoms with Crippen molar-refractivity contribution in [2.24, 2.45) is 0 Å². The molecule has 20 heavy (non-hydrogen) atoms. The van der Waals surface area contributed by atoms with Crippen molar-refractivity contribution < 1.29 is 4.74 Å². The molecule has 0 aromatic carbocycles. The highest BCUT2D eigenvalue weighted by atomic mass is 35.5. The van der Waals surface area contributed by atoms with Gasteiger partial charge in [-0.15, -0.1) is 10.2 Å². The maximum absolute atomic E-state index is 6.08. The van der Waals surface area contributed by atoms with Gasteiger partial charge in [0.1, 0.15) is 0 Å². The number of nitrogens with one attached hydrogen (secondary N) is 1. The van der Waals surface area contributed by atoms with Gasteiger partial charge in [0.2, 0.25) is 0 Å². The Kier molecular flexibility index (Phi) is 2.97. The lowest BCUT2D eigenvalue weighted by Gasteiger charge is -2.29. The van der Waals surface area contributed by atoms with Crippen molar-refractivity contribution >= 4 is 28.2 Å². The van der Waals surface area contributed by atoms with E-state index in [4.69, 9.17) is 16.3 Å². The third-order valence-electron chi connectivity index (χ3n) is 4.17. The Morgan fingerprint density at radius 2 is 1.95 bits per heavy atom. The zero-order valence-corrected chi connectivity index (χ0v) is 11.7. The van der Waals surface area contributed by atoms with Gasteiger partial charge in [-0.2, -0.15) is 0 Å². The fraction of sp³-hybridized carbons (Fsp3) is 0.500. The largest absolute Gasteiger partial charge is 0.375 e. The molecule has 2 aliphatic rings. The van der Waals surface area contributed by atoms with Gasteiger partial charge in [-0.05, 0) is 31.7 Å². The van der Waals surface area contributed by atoms with Crippen molar-refractivity contribution in [3.05, 3.63) is 23.6 Å². The predicted molar refractivity (Wildman–Crippen MR) is 76.9 cm³/mol. The van der Waals surface area contributed by atoms with Crippen molar-refractivity contribution in [3.8, 4) is 0 Å². The number of nitrogens with zero attached hydrogens (tertiary/aromatic N) is 3. The summed E-state index contributed by atoms with van der Waals surface area (Å²) in [5.41, 5.74) is 0. The van der Waals surface area contributed by atoms with E-state index in [0.717, 1.165) is 29.4 Å². The van der Waals surface area contributed by atoms with Crippen molar-refractivity contribution in [1.29, 1.82) is 0 Å². The summed E-state index contributed by atoms with van der Waals surface area (Å²) < 4.78 is 5.86. The summed E-state index contributed by atoms with van der Waals surface area (Å²) in [6, 6.07) is 2.26. The van der Waals surface area contributed by atoms with Gasteiger partial charge in [0.15, 0.2) is 11.0 Å². The van der Waals surface area contributed by atoms with Crippen LogP contribution in [0, 0.1) is 0 Å². The van der Waals surface area contributed by atoms with Crippen LogP contribution in [0.1, 0.15) is 25.7 Å². The van der Waals surface area contributed by atoms with Crippen molar-refractivity contribution in [1.82, 2.24) is 15.2 Å². The molecule has 4 rings (SSSR count). The fourth-order valence-electron chi connectivity index (χ4n) is 3.24. The first-order valence-corrected chi connectivity index (χ1v) is 7.35. The Bertz CT molecular complexity index is 638. The maximum atomic E-state index is 6.08. The summed E-state index contributed by atoms with van der Waals surface area (Å²) in [6.45, 7) is 0. The van der Waals surface area contributed by atoms with Crippen molar-refractivity contribution in [2.45, 2.75) is 43.9 Å². The van der Waals surface area contributed by atoms with Crippen LogP contribution in [0.2, 0.25) is 5.15 Å². The van der Waals surface area contributed by atoms with E-state index in [-0.39, 0.29) is 0 Å². The van der Waals surface area contributed by atoms with Gasteiger partial charge in [0.25, 0.3) is 0 Å². The van der Waals surface area contributed by atoms with Crippen LogP contribution in [0.4, 0.5) is 5.82 Å². The van der Waals surface area contributed by atoms with Crippen LogP contribution in [-0.4, -0.2) is 33.4 Å². The molecule has 0 spiro atoms. The second-order valence-corrected chi connectivity index (χ2v) is 5.89. The minimum absolute atomic E-state index is 0.389. The lowest BCUT2D eigenvalue weighted by Crippen LogP contribution is -2.34. The molecule has 104 valence electrons. The number of aromatic nitrogens is 3. The van der Waals surface area contributed by atoms with Crippen LogP contribution < -0.4 is 5.32 Å². The minimum Gasteiger partial charge on any atom is -0.375 e. The lowest BCUT2D eigenvalue weighted by atomic mass is 10.0. The van der Waals surface area contributed by atoms with E-state index < -0.39 is 0 Å². The first kappa shape index (κ1) is 12.3. The van der Waals surface area contributed by atoms with E-state index in [1.807, 2.05) is 6.07 Å². The van der Waals surface area contributed by atoms with Crippen LogP contribution in [0.25, 0.3) is 10.8 Å². The van der Waals surface area contributed by atoms with E-state index in [1.54, 1.807) is 12.4 Å². The number of hydrogen-bond acceptors (Lipinski definition) is 5. The number of halogens is 1. The fourth-order valence-corrected chi connectivity index (χ4v) is 3.44. The number of ether oxygens (including phenoxy) is 1. The lowest BCUT2D eigenvalue weighted by molar-refractivity contribution is 0.000664. The number of fused-ring (bicyclic) bond motifs is 3. The zero-order valence-electron chi connectivity index (χ0n) is 10.9. The second-order valence-electron chi connectivity index (χ2n) is 5.53. The van der Waals surface area contributed by atoms with Gasteiger partial charge in [-0.3, -0.25) is 4.98 Å². The van der Waals surface area contributed by atoms with Crippen LogP contribution in [0.3, 0.4) is 0 Å². The second kappa shape index (κ2) is 4.82. The topological polar surface area (TPSA) is 59.9 Å². The third-order valence-corrected chi connectivity index (χ3v) is 4.45. The summed E-state index contributed by atoms with van der Waals surface area (Å²) in [6.07, 6.45) is 8.72. The molecule has 2 aliphatic heterocycles. The molecule has 2 aromatic heterocycles. The summed E-state index contributed by atoms with van der Waals surface area (Å²) in [5, 5.41) is 13.9. The van der Waals surface area contributed by atoms with Crippen molar-refractivity contribution in [3.63, 3.8) is 0 Å². The molecule has 0 radical (unpaired) electrons. The monoisotopic (exact) mass is 290 g/mol. The Hall–Kier alpha value is -1.46. The summed E-state index contributed by atoms with van der Waals surface area (Å²) in [5.74, 6) is 0.767. The molecular weight excluding hydrogens is 276 g/mol. The van der Waals surface area contributed by atoms with Crippen LogP contribution in [-0.2, 0) is 4.74 Å². The number of pyridine rings is 1. The normalized spacial score (nSPS) is 28.8. The first-order chi connectivity index (χ1) is 9.79. The Labute approximate surface area is 121 Å². The highest BCUT2D eigenvalue weighted by Crippen LogP contribution is 2.34. The van der Waals surface area contributed by atoms with Crippen molar-refractivity contribution in [2.75, 3.05) is 5.32 Å². The average molecular weight is 291 g/mol. The Morgan fingerprint density at radius 1 is 1.15 bits per heavy atom. The molecule has 5 nitrogen and oxygen atoms in total. The summed E-state index contributed by atoms with van der Waals surface area (Å²) in [7, 11) is 0. The van der Waals surface area contributed by atoms with Gasteiger partial charge in [-0.25, -0.2) is 0 Å².